The molecule has 0 aliphatic heterocycles. The monoisotopic (exact) mass is 390 g/mol. The lowest BCUT2D eigenvalue weighted by molar-refractivity contribution is -0.120. The predicted molar refractivity (Wildman–Crippen MR) is 98.2 cm³/mol. The van der Waals surface area contributed by atoms with Crippen molar-refractivity contribution in [3.8, 4) is 0 Å². The van der Waals surface area contributed by atoms with Crippen molar-refractivity contribution in [3.63, 3.8) is 0 Å². The minimum Gasteiger partial charge on any atom is -0.322 e. The Labute approximate surface area is 158 Å². The zero-order valence-corrected chi connectivity index (χ0v) is 15.1. The highest BCUT2D eigenvalue weighted by Crippen LogP contribution is 2.20. The summed E-state index contributed by atoms with van der Waals surface area (Å²) >= 11 is 0. The third-order valence-electron chi connectivity index (χ3n) is 4.39. The number of para-hydroxylation sites is 1. The van der Waals surface area contributed by atoms with E-state index in [-0.39, 0.29) is 12.1 Å². The van der Waals surface area contributed by atoms with E-state index in [0.717, 1.165) is 12.1 Å². The Morgan fingerprint density at radius 2 is 1.89 bits per heavy atom. The molecule has 1 atom stereocenters. The SMILES string of the molecule is C[C@@H](C(=O)Nc1ccc(F)c(F)c1F)N(C)Cc1nc2ccccc2c(=O)[nH]1. The van der Waals surface area contributed by atoms with Gasteiger partial charge in [-0.05, 0) is 38.2 Å². The van der Waals surface area contributed by atoms with Gasteiger partial charge >= 0.3 is 0 Å². The second kappa shape index (κ2) is 7.81. The van der Waals surface area contributed by atoms with Crippen molar-refractivity contribution in [1.82, 2.24) is 14.9 Å². The molecular weight excluding hydrogens is 373 g/mol. The van der Waals surface area contributed by atoms with Crippen molar-refractivity contribution in [2.24, 2.45) is 0 Å². The molecule has 0 saturated carbocycles. The number of carbonyl (C=O) groups excluding carboxylic acids is 1. The summed E-state index contributed by atoms with van der Waals surface area (Å²) in [6, 6.07) is 7.75. The van der Waals surface area contributed by atoms with Gasteiger partial charge in [-0.15, -0.1) is 0 Å². The maximum Gasteiger partial charge on any atom is 0.258 e. The van der Waals surface area contributed by atoms with Crippen molar-refractivity contribution in [3.05, 3.63) is 70.0 Å². The highest BCUT2D eigenvalue weighted by atomic mass is 19.2. The summed E-state index contributed by atoms with van der Waals surface area (Å²) in [5.74, 6) is -4.74. The van der Waals surface area contributed by atoms with E-state index in [2.05, 4.69) is 15.3 Å². The van der Waals surface area contributed by atoms with Gasteiger partial charge in [0.05, 0.1) is 29.2 Å². The number of benzene rings is 2. The summed E-state index contributed by atoms with van der Waals surface area (Å²) in [4.78, 5) is 33.0. The lowest BCUT2D eigenvalue weighted by atomic mass is 10.2. The first kappa shape index (κ1) is 19.6. The van der Waals surface area contributed by atoms with Gasteiger partial charge in [0.2, 0.25) is 5.91 Å². The second-order valence-corrected chi connectivity index (χ2v) is 6.33. The maximum atomic E-state index is 13.7. The van der Waals surface area contributed by atoms with Crippen LogP contribution in [-0.4, -0.2) is 33.9 Å². The molecule has 9 heteroatoms. The van der Waals surface area contributed by atoms with Gasteiger partial charge in [0.25, 0.3) is 5.56 Å². The molecule has 1 amide bonds. The fourth-order valence-electron chi connectivity index (χ4n) is 2.64. The number of hydrogen-bond donors (Lipinski definition) is 2. The summed E-state index contributed by atoms with van der Waals surface area (Å²) in [5.41, 5.74) is -0.230. The van der Waals surface area contributed by atoms with Crippen molar-refractivity contribution in [2.75, 3.05) is 12.4 Å². The summed E-state index contributed by atoms with van der Waals surface area (Å²) in [7, 11) is 1.61. The average Bonchev–Trinajstić information content (AvgIpc) is 2.67. The van der Waals surface area contributed by atoms with E-state index in [9.17, 15) is 22.8 Å². The zero-order chi connectivity index (χ0) is 20.4. The summed E-state index contributed by atoms with van der Waals surface area (Å²) in [6.45, 7) is 1.68. The lowest BCUT2D eigenvalue weighted by Gasteiger charge is -2.23. The van der Waals surface area contributed by atoms with Crippen LogP contribution in [0.2, 0.25) is 0 Å². The van der Waals surface area contributed by atoms with Crippen LogP contribution in [0.5, 0.6) is 0 Å². The van der Waals surface area contributed by atoms with Crippen LogP contribution in [0.25, 0.3) is 10.9 Å². The van der Waals surface area contributed by atoms with E-state index in [1.165, 1.54) is 0 Å². The topological polar surface area (TPSA) is 78.1 Å². The number of anilines is 1. The Hall–Kier alpha value is -3.20. The minimum absolute atomic E-state index is 0.134. The molecule has 2 N–H and O–H groups in total. The highest BCUT2D eigenvalue weighted by Gasteiger charge is 2.22. The largest absolute Gasteiger partial charge is 0.322 e. The van der Waals surface area contributed by atoms with Gasteiger partial charge < -0.3 is 10.3 Å². The van der Waals surface area contributed by atoms with Crippen molar-refractivity contribution in [1.29, 1.82) is 0 Å². The number of H-pyrrole nitrogens is 1. The van der Waals surface area contributed by atoms with Crippen LogP contribution in [0.4, 0.5) is 18.9 Å². The molecule has 146 valence electrons. The van der Waals surface area contributed by atoms with Crippen LogP contribution in [0.1, 0.15) is 12.7 Å². The third kappa shape index (κ3) is 3.89. The van der Waals surface area contributed by atoms with Crippen LogP contribution in [0.15, 0.2) is 41.2 Å². The highest BCUT2D eigenvalue weighted by molar-refractivity contribution is 5.94. The van der Waals surface area contributed by atoms with E-state index in [1.54, 1.807) is 43.1 Å². The van der Waals surface area contributed by atoms with Crippen LogP contribution in [0, 0.1) is 17.5 Å². The number of aromatic amines is 1. The molecule has 0 bridgehead atoms. The predicted octanol–water partition coefficient (Wildman–Crippen LogP) is 2.80. The number of nitrogens with one attached hydrogen (secondary N) is 2. The number of aromatic nitrogens is 2. The van der Waals surface area contributed by atoms with Gasteiger partial charge in [0, 0.05) is 0 Å². The van der Waals surface area contributed by atoms with Crippen molar-refractivity contribution in [2.45, 2.75) is 19.5 Å². The molecule has 0 unspecified atom stereocenters. The van der Waals surface area contributed by atoms with E-state index in [4.69, 9.17) is 0 Å². The van der Waals surface area contributed by atoms with E-state index in [0.29, 0.717) is 16.7 Å². The number of fused-ring (bicyclic) bond motifs is 1. The molecule has 1 aromatic heterocycles. The molecule has 0 saturated heterocycles. The molecule has 0 aliphatic carbocycles. The molecule has 0 fully saturated rings. The summed E-state index contributed by atoms with van der Waals surface area (Å²) in [5, 5.41) is 2.68. The van der Waals surface area contributed by atoms with Gasteiger partial charge in [0.1, 0.15) is 5.82 Å². The number of hydrogen-bond acceptors (Lipinski definition) is 4. The third-order valence-corrected chi connectivity index (χ3v) is 4.39. The first-order valence-electron chi connectivity index (χ1n) is 8.40. The molecule has 0 radical (unpaired) electrons. The van der Waals surface area contributed by atoms with Gasteiger partial charge in [-0.3, -0.25) is 14.5 Å². The molecule has 28 heavy (non-hydrogen) atoms. The van der Waals surface area contributed by atoms with Gasteiger partial charge in [-0.25, -0.2) is 18.2 Å². The van der Waals surface area contributed by atoms with E-state index >= 15 is 0 Å². The van der Waals surface area contributed by atoms with E-state index in [1.807, 2.05) is 0 Å². The quantitative estimate of drug-likeness (QED) is 0.657. The molecule has 0 aliphatic rings. The molecule has 3 aromatic rings. The standard InChI is InChI=1S/C19H17F3N4O2/c1-10(18(27)24-14-8-7-12(20)16(21)17(14)22)26(2)9-15-23-13-6-4-3-5-11(13)19(28)25-15/h3-8,10H,9H2,1-2H3,(H,24,27)(H,23,25,28)/t10-/m0/s1. The molecule has 6 nitrogen and oxygen atoms in total. The molecular formula is C19H17F3N4O2. The Morgan fingerprint density at radius 3 is 2.64 bits per heavy atom. The Balaban J connectivity index is 1.74. The molecule has 1 heterocycles. The molecule has 2 aromatic carbocycles. The number of amides is 1. The smallest absolute Gasteiger partial charge is 0.258 e. The fourth-order valence-corrected chi connectivity index (χ4v) is 2.64. The van der Waals surface area contributed by atoms with E-state index < -0.39 is 35.1 Å². The Morgan fingerprint density at radius 1 is 1.18 bits per heavy atom. The lowest BCUT2D eigenvalue weighted by Crippen LogP contribution is -2.40. The number of carbonyl (C=O) groups is 1. The van der Waals surface area contributed by atoms with Gasteiger partial charge in [-0.1, -0.05) is 12.1 Å². The number of nitrogens with zero attached hydrogens (tertiary/aromatic N) is 2. The van der Waals surface area contributed by atoms with Crippen LogP contribution < -0.4 is 10.9 Å². The van der Waals surface area contributed by atoms with Crippen LogP contribution in [0.3, 0.4) is 0 Å². The average molecular weight is 390 g/mol. The fraction of sp³-hybridized carbons (Fsp3) is 0.211. The molecule has 0 spiro atoms. The van der Waals surface area contributed by atoms with Crippen LogP contribution in [-0.2, 0) is 11.3 Å². The zero-order valence-electron chi connectivity index (χ0n) is 15.1. The van der Waals surface area contributed by atoms with Gasteiger partial charge in [0.15, 0.2) is 17.5 Å². The summed E-state index contributed by atoms with van der Waals surface area (Å²) in [6.07, 6.45) is 0. The normalized spacial score (nSPS) is 12.4. The number of halogens is 3. The van der Waals surface area contributed by atoms with Crippen molar-refractivity contribution < 1.29 is 18.0 Å². The minimum atomic E-state index is -1.66. The molecule has 3 rings (SSSR count). The summed E-state index contributed by atoms with van der Waals surface area (Å²) < 4.78 is 40.0. The number of rotatable bonds is 5. The first-order chi connectivity index (χ1) is 13.3. The van der Waals surface area contributed by atoms with Gasteiger partial charge in [-0.2, -0.15) is 0 Å². The number of likely N-dealkylation sites (N-methyl/N-ethyl adjacent to an activating group) is 1. The Bertz CT molecular complexity index is 1100. The first-order valence-corrected chi connectivity index (χ1v) is 8.40. The maximum absolute atomic E-state index is 13.7. The Kier molecular flexibility index (Phi) is 5.46. The second-order valence-electron chi connectivity index (χ2n) is 6.33. The van der Waals surface area contributed by atoms with Crippen molar-refractivity contribution >= 4 is 22.5 Å². The van der Waals surface area contributed by atoms with Crippen LogP contribution >= 0.6 is 0 Å².